The first-order valence-electron chi connectivity index (χ1n) is 18.8. The maximum absolute atomic E-state index is 6.30. The summed E-state index contributed by atoms with van der Waals surface area (Å²) in [5.74, 6) is 0.894. The minimum atomic E-state index is -0.213. The molecule has 0 saturated heterocycles. The zero-order chi connectivity index (χ0) is 35.6. The van der Waals surface area contributed by atoms with Crippen molar-refractivity contribution in [3.63, 3.8) is 0 Å². The number of para-hydroxylation sites is 2. The molecule has 254 valence electrons. The van der Waals surface area contributed by atoms with Gasteiger partial charge < -0.3 is 10.1 Å². The predicted octanol–water partition coefficient (Wildman–Crippen LogP) is 13.4. The molecule has 1 N–H and O–H groups in total. The third-order valence-electron chi connectivity index (χ3n) is 12.5. The standard InChI is InChI=1S/C51H39NO/c1-50(2)41-17-9-7-13-33(41)35-26-25-32(27-43(35)50)48-37-16-6-5-15-36(37)47(30-21-23-31(24-22-30)49-52-45-19-11-12-20-46(45)53-49)39-28-38-34-14-8-10-18-42(34)51(3,4)44(38)29-40(39)48/h5-29,49,52H,1-4H3. The summed E-state index contributed by atoms with van der Waals surface area (Å²) >= 11 is 0. The number of anilines is 1. The van der Waals surface area contributed by atoms with E-state index in [0.29, 0.717) is 0 Å². The van der Waals surface area contributed by atoms with E-state index in [0.717, 1.165) is 17.0 Å². The van der Waals surface area contributed by atoms with Crippen molar-refractivity contribution in [2.24, 2.45) is 0 Å². The Balaban J connectivity index is 1.17. The molecule has 2 heteroatoms. The van der Waals surface area contributed by atoms with Crippen LogP contribution in [0.4, 0.5) is 5.69 Å². The normalized spacial score (nSPS) is 16.7. The largest absolute Gasteiger partial charge is 0.464 e. The lowest BCUT2D eigenvalue weighted by Crippen LogP contribution is -2.15. The van der Waals surface area contributed by atoms with Gasteiger partial charge in [0.2, 0.25) is 0 Å². The highest BCUT2D eigenvalue weighted by Gasteiger charge is 2.38. The fourth-order valence-corrected chi connectivity index (χ4v) is 9.81. The Morgan fingerprint density at radius 3 is 1.66 bits per heavy atom. The zero-order valence-corrected chi connectivity index (χ0v) is 30.4. The second kappa shape index (κ2) is 10.7. The highest BCUT2D eigenvalue weighted by atomic mass is 16.5. The predicted molar refractivity (Wildman–Crippen MR) is 221 cm³/mol. The van der Waals surface area contributed by atoms with Gasteiger partial charge in [-0.15, -0.1) is 0 Å². The van der Waals surface area contributed by atoms with Gasteiger partial charge in [0.05, 0.1) is 5.69 Å². The Hall–Kier alpha value is -6.12. The fourth-order valence-electron chi connectivity index (χ4n) is 9.81. The summed E-state index contributed by atoms with van der Waals surface area (Å²) in [6, 6.07) is 56.4. The molecule has 2 nitrogen and oxygen atoms in total. The van der Waals surface area contributed by atoms with E-state index in [1.54, 1.807) is 0 Å². The van der Waals surface area contributed by atoms with E-state index in [1.807, 2.05) is 18.2 Å². The lowest BCUT2D eigenvalue weighted by molar-refractivity contribution is 0.260. The molecule has 8 aromatic carbocycles. The number of ether oxygens (including phenoxy) is 1. The lowest BCUT2D eigenvalue weighted by Gasteiger charge is -2.25. The summed E-state index contributed by atoms with van der Waals surface area (Å²) in [6.45, 7) is 9.52. The van der Waals surface area contributed by atoms with Crippen LogP contribution in [0, 0.1) is 0 Å². The fraction of sp³-hybridized carbons (Fsp3) is 0.137. The van der Waals surface area contributed by atoms with E-state index >= 15 is 0 Å². The Labute approximate surface area is 310 Å². The van der Waals surface area contributed by atoms with Crippen LogP contribution in [0.1, 0.15) is 61.7 Å². The first-order valence-corrected chi connectivity index (χ1v) is 18.8. The van der Waals surface area contributed by atoms with Crippen LogP contribution in [0.2, 0.25) is 0 Å². The molecule has 8 aromatic rings. The van der Waals surface area contributed by atoms with Gasteiger partial charge in [-0.25, -0.2) is 0 Å². The Bertz CT molecular complexity index is 2810. The quantitative estimate of drug-likeness (QED) is 0.187. The lowest BCUT2D eigenvalue weighted by atomic mass is 9.78. The molecule has 0 radical (unpaired) electrons. The molecule has 1 heterocycles. The third kappa shape index (κ3) is 4.21. The summed E-state index contributed by atoms with van der Waals surface area (Å²) < 4.78 is 6.30. The van der Waals surface area contributed by atoms with Crippen LogP contribution in [0.25, 0.3) is 66.1 Å². The molecule has 2 aliphatic carbocycles. The van der Waals surface area contributed by atoms with Gasteiger partial charge in [-0.1, -0.05) is 149 Å². The van der Waals surface area contributed by atoms with Gasteiger partial charge in [0.1, 0.15) is 5.75 Å². The summed E-state index contributed by atoms with van der Waals surface area (Å²) in [5.41, 5.74) is 17.9. The summed E-state index contributed by atoms with van der Waals surface area (Å²) in [7, 11) is 0. The van der Waals surface area contributed by atoms with E-state index < -0.39 is 0 Å². The number of rotatable bonds is 3. The van der Waals surface area contributed by atoms with Crippen molar-refractivity contribution in [3.05, 3.63) is 179 Å². The minimum absolute atomic E-state index is 0.0840. The molecule has 1 atom stereocenters. The van der Waals surface area contributed by atoms with Crippen LogP contribution in [0.3, 0.4) is 0 Å². The molecule has 1 unspecified atom stereocenters. The van der Waals surface area contributed by atoms with Crippen LogP contribution < -0.4 is 10.1 Å². The molecule has 0 spiro atoms. The maximum Gasteiger partial charge on any atom is 0.196 e. The smallest absolute Gasteiger partial charge is 0.196 e. The Morgan fingerprint density at radius 1 is 0.434 bits per heavy atom. The van der Waals surface area contributed by atoms with Gasteiger partial charge >= 0.3 is 0 Å². The number of fused-ring (bicyclic) bond motifs is 9. The maximum atomic E-state index is 6.30. The van der Waals surface area contributed by atoms with Crippen molar-refractivity contribution < 1.29 is 4.74 Å². The van der Waals surface area contributed by atoms with Crippen molar-refractivity contribution in [1.29, 1.82) is 0 Å². The molecule has 11 rings (SSSR count). The highest BCUT2D eigenvalue weighted by molar-refractivity contribution is 6.22. The summed E-state index contributed by atoms with van der Waals surface area (Å²) in [5, 5.41) is 8.66. The van der Waals surface area contributed by atoms with Crippen LogP contribution >= 0.6 is 0 Å². The van der Waals surface area contributed by atoms with Crippen molar-refractivity contribution in [1.82, 2.24) is 0 Å². The summed E-state index contributed by atoms with van der Waals surface area (Å²) in [6.07, 6.45) is -0.213. The van der Waals surface area contributed by atoms with Crippen molar-refractivity contribution in [2.45, 2.75) is 44.8 Å². The van der Waals surface area contributed by atoms with E-state index in [-0.39, 0.29) is 17.1 Å². The van der Waals surface area contributed by atoms with E-state index in [2.05, 4.69) is 166 Å². The van der Waals surface area contributed by atoms with Gasteiger partial charge in [-0.2, -0.15) is 0 Å². The average molecular weight is 682 g/mol. The Morgan fingerprint density at radius 2 is 0.962 bits per heavy atom. The molecule has 1 aliphatic heterocycles. The monoisotopic (exact) mass is 681 g/mol. The first-order chi connectivity index (χ1) is 25.8. The second-order valence-corrected chi connectivity index (χ2v) is 16.1. The van der Waals surface area contributed by atoms with Crippen molar-refractivity contribution in [3.8, 4) is 50.3 Å². The van der Waals surface area contributed by atoms with Crippen LogP contribution in [0.15, 0.2) is 152 Å². The first kappa shape index (κ1) is 30.5. The minimum Gasteiger partial charge on any atom is -0.464 e. The van der Waals surface area contributed by atoms with Gasteiger partial charge in [-0.3, -0.25) is 0 Å². The molecule has 0 fully saturated rings. The molecular weight excluding hydrogens is 643 g/mol. The molecule has 3 aliphatic rings. The summed E-state index contributed by atoms with van der Waals surface area (Å²) in [4.78, 5) is 0. The third-order valence-corrected chi connectivity index (χ3v) is 12.5. The van der Waals surface area contributed by atoms with Gasteiger partial charge in [0.25, 0.3) is 0 Å². The van der Waals surface area contributed by atoms with Crippen LogP contribution in [-0.2, 0) is 10.8 Å². The van der Waals surface area contributed by atoms with Gasteiger partial charge in [0, 0.05) is 16.4 Å². The SMILES string of the molecule is CC1(C)c2ccccc2-c2ccc(-c3c4ccccc4c(-c4ccc(C5Nc6ccccc6O5)cc4)c4cc5c(cc34)C(C)(C)c3ccccc3-5)cc21. The topological polar surface area (TPSA) is 21.3 Å². The molecule has 0 amide bonds. The van der Waals surface area contributed by atoms with Crippen molar-refractivity contribution in [2.75, 3.05) is 5.32 Å². The van der Waals surface area contributed by atoms with E-state index in [4.69, 9.17) is 4.74 Å². The number of nitrogens with one attached hydrogen (secondary N) is 1. The number of benzene rings is 8. The van der Waals surface area contributed by atoms with E-state index in [9.17, 15) is 0 Å². The molecule has 0 aromatic heterocycles. The average Bonchev–Trinajstić information content (AvgIpc) is 3.80. The van der Waals surface area contributed by atoms with Crippen LogP contribution in [-0.4, -0.2) is 0 Å². The van der Waals surface area contributed by atoms with E-state index in [1.165, 1.54) is 88.3 Å². The zero-order valence-electron chi connectivity index (χ0n) is 30.4. The second-order valence-electron chi connectivity index (χ2n) is 16.1. The molecular formula is C51H39NO. The van der Waals surface area contributed by atoms with Crippen LogP contribution in [0.5, 0.6) is 5.75 Å². The highest BCUT2D eigenvalue weighted by Crippen LogP contribution is 2.55. The number of hydrogen-bond acceptors (Lipinski definition) is 2. The molecule has 0 bridgehead atoms. The molecule has 53 heavy (non-hydrogen) atoms. The Kier molecular flexibility index (Phi) is 6.16. The molecule has 0 saturated carbocycles. The van der Waals surface area contributed by atoms with Gasteiger partial charge in [-0.05, 0) is 119 Å². The number of hydrogen-bond donors (Lipinski definition) is 1. The van der Waals surface area contributed by atoms with Gasteiger partial charge in [0.15, 0.2) is 6.23 Å². The van der Waals surface area contributed by atoms with Crippen molar-refractivity contribution >= 4 is 27.2 Å².